The fourth-order valence-corrected chi connectivity index (χ4v) is 5.87. The van der Waals surface area contributed by atoms with Crippen LogP contribution in [0.5, 0.6) is 0 Å². The van der Waals surface area contributed by atoms with Gasteiger partial charge in [-0.1, -0.05) is 50.6 Å². The van der Waals surface area contributed by atoms with Gasteiger partial charge in [-0.3, -0.25) is 9.59 Å². The molecule has 0 aromatic heterocycles. The fraction of sp³-hybridized carbons (Fsp3) is 0.464. The van der Waals surface area contributed by atoms with Crippen LogP contribution < -0.4 is 16.4 Å². The molecule has 2 aromatic rings. The van der Waals surface area contributed by atoms with E-state index in [2.05, 4.69) is 10.6 Å². The van der Waals surface area contributed by atoms with E-state index >= 15 is 0 Å². The highest BCUT2D eigenvalue weighted by Crippen LogP contribution is 2.27. The van der Waals surface area contributed by atoms with Gasteiger partial charge in [0.25, 0.3) is 15.9 Å². The lowest BCUT2D eigenvalue weighted by atomic mass is 9.86. The zero-order valence-electron chi connectivity index (χ0n) is 22.8. The minimum Gasteiger partial charge on any atom is -0.480 e. The number of amides is 2. The van der Waals surface area contributed by atoms with E-state index in [1.54, 1.807) is 64.1 Å². The molecule has 5 N–H and O–H groups in total. The lowest BCUT2D eigenvalue weighted by Gasteiger charge is -2.34. The molecule has 2 atom stereocenters. The normalized spacial score (nSPS) is 16.2. The van der Waals surface area contributed by atoms with E-state index in [9.17, 15) is 27.9 Å². The fourth-order valence-electron chi connectivity index (χ4n) is 4.32. The highest BCUT2D eigenvalue weighted by Gasteiger charge is 2.44. The molecule has 1 saturated heterocycles. The molecule has 2 amide bonds. The number of carboxylic acids is 1. The van der Waals surface area contributed by atoms with Crippen molar-refractivity contribution in [2.45, 2.75) is 63.9 Å². The molecule has 0 bridgehead atoms. The number of sulfonamides is 1. The standard InChI is InChI=1S/C28H38N4O6S/c1-18-5-11-22(12-6-18)39(37,38)32(26(34)24(29)28(2,3)4)23(27(35)36)17-19-7-9-21(10-8-19)31-25(33)20-13-15-30-16-14-20/h5-12,20,23-24,30H,13-17,29H2,1-4H3,(H,31,33)(H,35,36)/t23-,24?/m0/s1. The van der Waals surface area contributed by atoms with Crippen LogP contribution in [0.25, 0.3) is 0 Å². The summed E-state index contributed by atoms with van der Waals surface area (Å²) in [5, 5.41) is 16.2. The van der Waals surface area contributed by atoms with Crippen LogP contribution in [0, 0.1) is 18.3 Å². The van der Waals surface area contributed by atoms with Crippen LogP contribution in [0.4, 0.5) is 5.69 Å². The number of nitrogens with two attached hydrogens (primary N) is 1. The first kappa shape index (κ1) is 30.3. The minimum absolute atomic E-state index is 0.0789. The molecule has 11 heteroatoms. The number of aliphatic carboxylic acids is 1. The summed E-state index contributed by atoms with van der Waals surface area (Å²) in [4.78, 5) is 38.4. The number of nitrogens with one attached hydrogen (secondary N) is 2. The molecule has 1 fully saturated rings. The Morgan fingerprint density at radius 3 is 2.13 bits per heavy atom. The van der Waals surface area contributed by atoms with Crippen LogP contribution in [-0.2, 0) is 30.8 Å². The molecule has 1 heterocycles. The van der Waals surface area contributed by atoms with E-state index in [0.717, 1.165) is 31.5 Å². The Hall–Kier alpha value is -3.28. The lowest BCUT2D eigenvalue weighted by molar-refractivity contribution is -0.147. The third-order valence-corrected chi connectivity index (χ3v) is 8.74. The molecule has 0 aliphatic carbocycles. The molecule has 3 rings (SSSR count). The van der Waals surface area contributed by atoms with Crippen molar-refractivity contribution in [1.29, 1.82) is 0 Å². The third-order valence-electron chi connectivity index (χ3n) is 6.92. The maximum Gasteiger partial charge on any atom is 0.328 e. The smallest absolute Gasteiger partial charge is 0.328 e. The van der Waals surface area contributed by atoms with E-state index in [0.29, 0.717) is 15.6 Å². The number of aryl methyl sites for hydroxylation is 1. The van der Waals surface area contributed by atoms with Gasteiger partial charge in [-0.25, -0.2) is 17.5 Å². The van der Waals surface area contributed by atoms with Crippen molar-refractivity contribution in [3.63, 3.8) is 0 Å². The first-order valence-electron chi connectivity index (χ1n) is 13.0. The van der Waals surface area contributed by atoms with Gasteiger partial charge < -0.3 is 21.5 Å². The van der Waals surface area contributed by atoms with Crippen LogP contribution in [0.2, 0.25) is 0 Å². The van der Waals surface area contributed by atoms with Crippen molar-refractivity contribution in [2.75, 3.05) is 18.4 Å². The van der Waals surface area contributed by atoms with E-state index in [4.69, 9.17) is 5.73 Å². The maximum absolute atomic E-state index is 13.7. The first-order valence-corrected chi connectivity index (χ1v) is 14.4. The molecule has 1 unspecified atom stereocenters. The monoisotopic (exact) mass is 558 g/mol. The van der Waals surface area contributed by atoms with Gasteiger partial charge in [-0.2, -0.15) is 0 Å². The number of rotatable bonds is 9. The van der Waals surface area contributed by atoms with Gasteiger partial charge in [-0.15, -0.1) is 0 Å². The number of piperidine rings is 1. The summed E-state index contributed by atoms with van der Waals surface area (Å²) in [5.41, 5.74) is 7.16. The van der Waals surface area contributed by atoms with Crippen LogP contribution in [-0.4, -0.2) is 60.8 Å². The van der Waals surface area contributed by atoms with E-state index < -0.39 is 39.4 Å². The second-order valence-electron chi connectivity index (χ2n) is 11.1. The van der Waals surface area contributed by atoms with Gasteiger partial charge in [0.05, 0.1) is 10.9 Å². The van der Waals surface area contributed by atoms with Crippen molar-refractivity contribution >= 4 is 33.5 Å². The average Bonchev–Trinajstić information content (AvgIpc) is 2.88. The summed E-state index contributed by atoms with van der Waals surface area (Å²) in [6.07, 6.45) is 1.21. The minimum atomic E-state index is -4.56. The lowest BCUT2D eigenvalue weighted by Crippen LogP contribution is -2.57. The number of hydrogen-bond donors (Lipinski definition) is 4. The van der Waals surface area contributed by atoms with Crippen LogP contribution >= 0.6 is 0 Å². The number of nitrogens with zero attached hydrogens (tertiary/aromatic N) is 1. The molecular weight excluding hydrogens is 520 g/mol. The van der Waals surface area contributed by atoms with Gasteiger partial charge in [0.2, 0.25) is 5.91 Å². The van der Waals surface area contributed by atoms with Crippen LogP contribution in [0.3, 0.4) is 0 Å². The topological polar surface area (TPSA) is 159 Å². The molecule has 0 radical (unpaired) electrons. The van der Waals surface area contributed by atoms with Gasteiger partial charge in [0.1, 0.15) is 6.04 Å². The number of carboxylic acid groups (broad SMARTS) is 1. The Morgan fingerprint density at radius 2 is 1.62 bits per heavy atom. The van der Waals surface area contributed by atoms with E-state index in [1.807, 2.05) is 0 Å². The van der Waals surface area contributed by atoms with Gasteiger partial charge >= 0.3 is 5.97 Å². The SMILES string of the molecule is Cc1ccc(S(=O)(=O)N(C(=O)C(N)C(C)(C)C)[C@@H](Cc2ccc(NC(=O)C3CCNCC3)cc2)C(=O)O)cc1. The molecule has 212 valence electrons. The molecule has 1 aliphatic rings. The summed E-state index contributed by atoms with van der Waals surface area (Å²) in [5.74, 6) is -2.64. The molecule has 0 saturated carbocycles. The Kier molecular flexibility index (Phi) is 9.52. The summed E-state index contributed by atoms with van der Waals surface area (Å²) < 4.78 is 27.8. The number of anilines is 1. The van der Waals surface area contributed by atoms with Gasteiger partial charge in [0, 0.05) is 18.0 Å². The summed E-state index contributed by atoms with van der Waals surface area (Å²) >= 11 is 0. The largest absolute Gasteiger partial charge is 0.480 e. The molecule has 10 nitrogen and oxygen atoms in total. The Morgan fingerprint density at radius 1 is 1.05 bits per heavy atom. The molecule has 39 heavy (non-hydrogen) atoms. The zero-order chi connectivity index (χ0) is 29.0. The first-order chi connectivity index (χ1) is 18.2. The number of carbonyl (C=O) groups is 3. The second-order valence-corrected chi connectivity index (χ2v) is 12.9. The van der Waals surface area contributed by atoms with E-state index in [1.165, 1.54) is 12.1 Å². The van der Waals surface area contributed by atoms with Crippen molar-refractivity contribution in [1.82, 2.24) is 9.62 Å². The quantitative estimate of drug-likeness (QED) is 0.365. The van der Waals surface area contributed by atoms with Crippen LogP contribution in [0.1, 0.15) is 44.7 Å². The Balaban J connectivity index is 1.91. The predicted octanol–water partition coefficient (Wildman–Crippen LogP) is 2.52. The summed E-state index contributed by atoms with van der Waals surface area (Å²) in [6, 6.07) is 9.30. The van der Waals surface area contributed by atoms with E-state index in [-0.39, 0.29) is 23.1 Å². The predicted molar refractivity (Wildman–Crippen MR) is 148 cm³/mol. The molecular formula is C28H38N4O6S. The average molecular weight is 559 g/mol. The highest BCUT2D eigenvalue weighted by molar-refractivity contribution is 7.89. The zero-order valence-corrected chi connectivity index (χ0v) is 23.6. The summed E-state index contributed by atoms with van der Waals surface area (Å²) in [7, 11) is -4.56. The molecule has 0 spiro atoms. The molecule has 2 aromatic carbocycles. The highest BCUT2D eigenvalue weighted by atomic mass is 32.2. The van der Waals surface area contributed by atoms with Crippen molar-refractivity contribution in [3.05, 3.63) is 59.7 Å². The Labute approximate surface area is 230 Å². The van der Waals surface area contributed by atoms with Gasteiger partial charge in [-0.05, 0) is 68.1 Å². The number of hydrogen-bond acceptors (Lipinski definition) is 7. The Bertz CT molecular complexity index is 1280. The maximum atomic E-state index is 13.7. The molecule has 1 aliphatic heterocycles. The summed E-state index contributed by atoms with van der Waals surface area (Å²) in [6.45, 7) is 8.39. The van der Waals surface area contributed by atoms with Crippen molar-refractivity contribution in [2.24, 2.45) is 17.1 Å². The van der Waals surface area contributed by atoms with Crippen molar-refractivity contribution < 1.29 is 27.9 Å². The van der Waals surface area contributed by atoms with Crippen molar-refractivity contribution in [3.8, 4) is 0 Å². The number of carbonyl (C=O) groups excluding carboxylic acids is 2. The number of benzene rings is 2. The second kappa shape index (κ2) is 12.3. The van der Waals surface area contributed by atoms with Gasteiger partial charge in [0.15, 0.2) is 0 Å². The van der Waals surface area contributed by atoms with Crippen LogP contribution in [0.15, 0.2) is 53.4 Å². The third kappa shape index (κ3) is 7.43.